The van der Waals surface area contributed by atoms with Crippen LogP contribution in [0.25, 0.3) is 0 Å². The zero-order valence-electron chi connectivity index (χ0n) is 13.6. The van der Waals surface area contributed by atoms with Gasteiger partial charge in [-0.25, -0.2) is 4.99 Å². The van der Waals surface area contributed by atoms with E-state index in [2.05, 4.69) is 4.99 Å². The molecule has 0 N–H and O–H groups in total. The Morgan fingerprint density at radius 1 is 1.17 bits per heavy atom. The van der Waals surface area contributed by atoms with Crippen molar-refractivity contribution in [3.8, 4) is 0 Å². The third-order valence-corrected chi connectivity index (χ3v) is 4.48. The number of aliphatic imine (C=N–C) groups is 1. The first-order chi connectivity index (χ1) is 11.5. The summed E-state index contributed by atoms with van der Waals surface area (Å²) in [7, 11) is 0. The predicted molar refractivity (Wildman–Crippen MR) is 90.7 cm³/mol. The Bertz CT molecular complexity index is 691. The number of carbonyl (C=O) groups excluding carboxylic acids is 1. The first-order valence-electron chi connectivity index (χ1n) is 8.18. The lowest BCUT2D eigenvalue weighted by Gasteiger charge is -2.28. The van der Waals surface area contributed by atoms with Gasteiger partial charge in [0.15, 0.2) is 11.6 Å². The first-order valence-corrected chi connectivity index (χ1v) is 8.18. The molecule has 3 nitrogen and oxygen atoms in total. The molecule has 0 bridgehead atoms. The molecule has 0 radical (unpaired) electrons. The summed E-state index contributed by atoms with van der Waals surface area (Å²) < 4.78 is 30.5. The maximum absolute atomic E-state index is 15.3. The summed E-state index contributed by atoms with van der Waals surface area (Å²) in [5, 5.41) is 0. The zero-order valence-corrected chi connectivity index (χ0v) is 13.6. The molecule has 126 valence electrons. The van der Waals surface area contributed by atoms with E-state index in [4.69, 9.17) is 0 Å². The van der Waals surface area contributed by atoms with Gasteiger partial charge in [0.05, 0.1) is 11.1 Å². The van der Waals surface area contributed by atoms with Crippen LogP contribution in [0.3, 0.4) is 0 Å². The van der Waals surface area contributed by atoms with Gasteiger partial charge in [-0.2, -0.15) is 8.78 Å². The number of rotatable bonds is 4. The molecule has 1 saturated heterocycles. The quantitative estimate of drug-likeness (QED) is 0.831. The molecule has 1 aromatic carbocycles. The van der Waals surface area contributed by atoms with Crippen molar-refractivity contribution in [2.45, 2.75) is 25.7 Å². The summed E-state index contributed by atoms with van der Waals surface area (Å²) in [4.78, 5) is 17.3. The number of hydrogen-bond donors (Lipinski definition) is 0. The normalized spacial score (nSPS) is 22.7. The topological polar surface area (TPSA) is 32.7 Å². The number of para-hydroxylation sites is 1. The molecule has 1 fully saturated rings. The molecule has 3 rings (SSSR count). The lowest BCUT2D eigenvalue weighted by atomic mass is 9.80. The van der Waals surface area contributed by atoms with Gasteiger partial charge in [0.2, 0.25) is 0 Å². The van der Waals surface area contributed by atoms with Crippen molar-refractivity contribution in [3.05, 3.63) is 54.6 Å². The van der Waals surface area contributed by atoms with Gasteiger partial charge >= 0.3 is 5.92 Å². The van der Waals surface area contributed by atoms with Crippen LogP contribution < -0.4 is 0 Å². The van der Waals surface area contributed by atoms with Crippen LogP contribution in [-0.2, 0) is 4.79 Å². The molecule has 0 saturated carbocycles. The molecule has 0 atom stereocenters. The number of halogens is 2. The maximum Gasteiger partial charge on any atom is 0.318 e. The Labute approximate surface area is 140 Å². The molecule has 1 aromatic rings. The highest BCUT2D eigenvalue weighted by atomic mass is 19.3. The molecule has 2 aliphatic rings. The highest BCUT2D eigenvalue weighted by Gasteiger charge is 2.62. The van der Waals surface area contributed by atoms with E-state index in [-0.39, 0.29) is 18.2 Å². The van der Waals surface area contributed by atoms with Crippen LogP contribution in [0.1, 0.15) is 19.8 Å². The minimum Gasteiger partial charge on any atom is -0.354 e. The second kappa shape index (κ2) is 6.30. The zero-order chi connectivity index (χ0) is 17.2. The largest absolute Gasteiger partial charge is 0.354 e. The molecule has 24 heavy (non-hydrogen) atoms. The molecular weight excluding hydrogens is 310 g/mol. The Balaban J connectivity index is 2.03. The number of unbranched alkanes of at least 4 members (excludes halogenated alkanes) is 1. The van der Waals surface area contributed by atoms with E-state index in [1.165, 1.54) is 24.3 Å². The number of allylic oxidation sites excluding steroid dienone is 2. The number of hydrogen-bond acceptors (Lipinski definition) is 2. The molecule has 0 unspecified atom stereocenters. The van der Waals surface area contributed by atoms with Gasteiger partial charge in [-0.15, -0.1) is 0 Å². The van der Waals surface area contributed by atoms with Crippen molar-refractivity contribution in [2.24, 2.45) is 10.4 Å². The molecule has 0 amide bonds. The SMILES string of the molecule is CCCCN1CC2(C=CC(=O)C=C2)C(F)(F)C1=Nc1ccccc1. The number of alkyl halides is 2. The highest BCUT2D eigenvalue weighted by molar-refractivity contribution is 6.02. The summed E-state index contributed by atoms with van der Waals surface area (Å²) in [5.74, 6) is -3.64. The van der Waals surface area contributed by atoms with Gasteiger partial charge < -0.3 is 4.90 Å². The van der Waals surface area contributed by atoms with E-state index >= 15 is 8.78 Å². The number of amidine groups is 1. The Morgan fingerprint density at radius 3 is 2.46 bits per heavy atom. The smallest absolute Gasteiger partial charge is 0.318 e. The van der Waals surface area contributed by atoms with Crippen molar-refractivity contribution in [1.82, 2.24) is 4.90 Å². The van der Waals surface area contributed by atoms with E-state index in [1.807, 2.05) is 13.0 Å². The Hall–Kier alpha value is -2.30. The predicted octanol–water partition coefficient (Wildman–Crippen LogP) is 4.15. The number of benzene rings is 1. The van der Waals surface area contributed by atoms with Crippen LogP contribution in [0.15, 0.2) is 59.6 Å². The van der Waals surface area contributed by atoms with Crippen LogP contribution in [0.5, 0.6) is 0 Å². The number of carbonyl (C=O) groups is 1. The lowest BCUT2D eigenvalue weighted by Crippen LogP contribution is -2.41. The van der Waals surface area contributed by atoms with Crippen LogP contribution in [-0.4, -0.2) is 35.5 Å². The van der Waals surface area contributed by atoms with Gasteiger partial charge in [-0.1, -0.05) is 43.7 Å². The third-order valence-electron chi connectivity index (χ3n) is 4.48. The standard InChI is InChI=1S/C19H20F2N2O/c1-2-3-13-23-14-18(11-9-16(24)10-12-18)19(20,21)17(23)22-15-7-5-4-6-8-15/h4-12H,2-3,13-14H2,1H3. The van der Waals surface area contributed by atoms with Gasteiger partial charge in [0.25, 0.3) is 0 Å². The van der Waals surface area contributed by atoms with E-state index in [0.29, 0.717) is 12.2 Å². The Morgan fingerprint density at radius 2 is 1.83 bits per heavy atom. The molecule has 1 aliphatic carbocycles. The summed E-state index contributed by atoms with van der Waals surface area (Å²) >= 11 is 0. The summed E-state index contributed by atoms with van der Waals surface area (Å²) in [5.41, 5.74) is -0.993. The lowest BCUT2D eigenvalue weighted by molar-refractivity contribution is -0.110. The van der Waals surface area contributed by atoms with Crippen molar-refractivity contribution < 1.29 is 13.6 Å². The highest BCUT2D eigenvalue weighted by Crippen LogP contribution is 2.49. The van der Waals surface area contributed by atoms with Crippen LogP contribution in [0.4, 0.5) is 14.5 Å². The van der Waals surface area contributed by atoms with Crippen LogP contribution in [0, 0.1) is 5.41 Å². The average molecular weight is 330 g/mol. The van der Waals surface area contributed by atoms with E-state index in [0.717, 1.165) is 12.8 Å². The minimum atomic E-state index is -3.16. The number of ketones is 1. The van der Waals surface area contributed by atoms with E-state index < -0.39 is 11.3 Å². The summed E-state index contributed by atoms with van der Waals surface area (Å²) in [6, 6.07) is 8.80. The van der Waals surface area contributed by atoms with Gasteiger partial charge in [-0.3, -0.25) is 4.79 Å². The molecule has 1 aliphatic heterocycles. The Kier molecular flexibility index (Phi) is 4.35. The summed E-state index contributed by atoms with van der Waals surface area (Å²) in [6.07, 6.45) is 6.86. The number of likely N-dealkylation sites (tertiary alicyclic amines) is 1. The molecule has 1 heterocycles. The fourth-order valence-electron chi connectivity index (χ4n) is 3.08. The van der Waals surface area contributed by atoms with Gasteiger partial charge in [0.1, 0.15) is 0 Å². The fraction of sp³-hybridized carbons (Fsp3) is 0.368. The number of nitrogens with zero attached hydrogens (tertiary/aromatic N) is 2. The van der Waals surface area contributed by atoms with Crippen LogP contribution >= 0.6 is 0 Å². The van der Waals surface area contributed by atoms with Crippen molar-refractivity contribution >= 4 is 17.3 Å². The molecule has 1 spiro atoms. The van der Waals surface area contributed by atoms with E-state index in [9.17, 15) is 4.79 Å². The van der Waals surface area contributed by atoms with Gasteiger partial charge in [-0.05, 0) is 30.7 Å². The van der Waals surface area contributed by atoms with Crippen LogP contribution in [0.2, 0.25) is 0 Å². The first kappa shape index (κ1) is 16.6. The maximum atomic E-state index is 15.3. The van der Waals surface area contributed by atoms with Crippen molar-refractivity contribution in [1.29, 1.82) is 0 Å². The second-order valence-corrected chi connectivity index (χ2v) is 6.23. The second-order valence-electron chi connectivity index (χ2n) is 6.23. The minimum absolute atomic E-state index is 0.131. The van der Waals surface area contributed by atoms with Crippen molar-refractivity contribution in [3.63, 3.8) is 0 Å². The third kappa shape index (κ3) is 2.79. The fourth-order valence-corrected chi connectivity index (χ4v) is 3.08. The molecular formula is C19H20F2N2O. The average Bonchev–Trinajstić information content (AvgIpc) is 2.78. The molecule has 5 heteroatoms. The van der Waals surface area contributed by atoms with Gasteiger partial charge in [0, 0.05) is 13.1 Å². The molecule has 0 aromatic heterocycles. The monoisotopic (exact) mass is 330 g/mol. The van der Waals surface area contributed by atoms with Crippen molar-refractivity contribution in [2.75, 3.05) is 13.1 Å². The van der Waals surface area contributed by atoms with E-state index in [1.54, 1.807) is 29.2 Å². The summed E-state index contributed by atoms with van der Waals surface area (Å²) in [6.45, 7) is 2.68.